The average molecular weight is 326 g/mol. The molecule has 124 valence electrons. The van der Waals surface area contributed by atoms with E-state index in [4.69, 9.17) is 9.47 Å². The second kappa shape index (κ2) is 6.62. The molecule has 1 unspecified atom stereocenters. The van der Waals surface area contributed by atoms with Crippen LogP contribution in [0.2, 0.25) is 0 Å². The van der Waals surface area contributed by atoms with Gasteiger partial charge in [0.05, 0.1) is 20.1 Å². The zero-order chi connectivity index (χ0) is 17.1. The van der Waals surface area contributed by atoms with Gasteiger partial charge in [0.1, 0.15) is 0 Å². The molecule has 0 spiro atoms. The lowest BCUT2D eigenvalue weighted by atomic mass is 9.90. The summed E-state index contributed by atoms with van der Waals surface area (Å²) in [6.45, 7) is 0. The number of methoxy groups -OCH3 is 2. The monoisotopic (exact) mass is 326 g/mol. The molecule has 2 N–H and O–H groups in total. The van der Waals surface area contributed by atoms with Gasteiger partial charge in [0.15, 0.2) is 11.5 Å². The van der Waals surface area contributed by atoms with Gasteiger partial charge < -0.3 is 20.1 Å². The molecule has 2 amide bonds. The molecule has 3 rings (SSSR count). The van der Waals surface area contributed by atoms with Crippen LogP contribution in [-0.4, -0.2) is 26.0 Å². The molecule has 6 heteroatoms. The smallest absolute Gasteiger partial charge is 0.232 e. The van der Waals surface area contributed by atoms with Crippen LogP contribution < -0.4 is 20.1 Å². The molecule has 24 heavy (non-hydrogen) atoms. The van der Waals surface area contributed by atoms with Gasteiger partial charge in [0.2, 0.25) is 11.8 Å². The fourth-order valence-corrected chi connectivity index (χ4v) is 2.79. The van der Waals surface area contributed by atoms with Crippen molar-refractivity contribution in [2.45, 2.75) is 12.3 Å². The van der Waals surface area contributed by atoms with Gasteiger partial charge in [-0.25, -0.2) is 0 Å². The number of amides is 2. The van der Waals surface area contributed by atoms with Crippen LogP contribution in [0.25, 0.3) is 0 Å². The lowest BCUT2D eigenvalue weighted by Gasteiger charge is -2.24. The van der Waals surface area contributed by atoms with Crippen molar-refractivity contribution < 1.29 is 19.1 Å². The Morgan fingerprint density at radius 2 is 1.88 bits per heavy atom. The van der Waals surface area contributed by atoms with E-state index in [1.54, 1.807) is 31.4 Å². The van der Waals surface area contributed by atoms with Gasteiger partial charge in [-0.2, -0.15) is 0 Å². The largest absolute Gasteiger partial charge is 0.493 e. The molecule has 0 aromatic heterocycles. The topological polar surface area (TPSA) is 76.7 Å². The third-order valence-corrected chi connectivity index (χ3v) is 3.97. The van der Waals surface area contributed by atoms with Crippen LogP contribution in [0, 0.1) is 0 Å². The number of hydrogen-bond donors (Lipinski definition) is 2. The Morgan fingerprint density at radius 1 is 1.12 bits per heavy atom. The molecular weight excluding hydrogens is 308 g/mol. The standard InChI is InChI=1S/C18H18N2O4/c1-23-15-8-7-11(9-16(15)24-2)19-18(22)13-10-17(21)20-14-6-4-3-5-12(13)14/h3-9,13H,10H2,1-2H3,(H,19,22)(H,20,21). The van der Waals surface area contributed by atoms with Gasteiger partial charge in [-0.3, -0.25) is 9.59 Å². The minimum Gasteiger partial charge on any atom is -0.493 e. The fraction of sp³-hybridized carbons (Fsp3) is 0.222. The zero-order valence-corrected chi connectivity index (χ0v) is 13.5. The molecule has 1 aliphatic rings. The summed E-state index contributed by atoms with van der Waals surface area (Å²) in [6, 6.07) is 12.5. The number of hydrogen-bond acceptors (Lipinski definition) is 4. The van der Waals surface area contributed by atoms with Gasteiger partial charge >= 0.3 is 0 Å². The number of rotatable bonds is 4. The first-order valence-corrected chi connectivity index (χ1v) is 7.54. The van der Waals surface area contributed by atoms with Crippen molar-refractivity contribution in [1.82, 2.24) is 0 Å². The van der Waals surface area contributed by atoms with E-state index in [2.05, 4.69) is 10.6 Å². The maximum atomic E-state index is 12.7. The van der Waals surface area contributed by atoms with Crippen molar-refractivity contribution in [1.29, 1.82) is 0 Å². The highest BCUT2D eigenvalue weighted by molar-refractivity contribution is 6.05. The van der Waals surface area contributed by atoms with E-state index < -0.39 is 5.92 Å². The van der Waals surface area contributed by atoms with Crippen molar-refractivity contribution >= 4 is 23.2 Å². The third-order valence-electron chi connectivity index (χ3n) is 3.97. The lowest BCUT2D eigenvalue weighted by Crippen LogP contribution is -2.30. The summed E-state index contributed by atoms with van der Waals surface area (Å²) in [7, 11) is 3.08. The van der Waals surface area contributed by atoms with E-state index in [9.17, 15) is 9.59 Å². The van der Waals surface area contributed by atoms with Crippen molar-refractivity contribution in [2.24, 2.45) is 0 Å². The van der Waals surface area contributed by atoms with E-state index in [0.29, 0.717) is 22.9 Å². The van der Waals surface area contributed by atoms with E-state index in [0.717, 1.165) is 5.56 Å². The maximum Gasteiger partial charge on any atom is 0.232 e. The Labute approximate surface area is 139 Å². The van der Waals surface area contributed by atoms with Crippen LogP contribution in [0.15, 0.2) is 42.5 Å². The van der Waals surface area contributed by atoms with Gasteiger partial charge in [-0.05, 0) is 23.8 Å². The Kier molecular flexibility index (Phi) is 4.37. The normalized spacial score (nSPS) is 15.9. The summed E-state index contributed by atoms with van der Waals surface area (Å²) in [5.41, 5.74) is 2.08. The van der Waals surface area contributed by atoms with Crippen LogP contribution in [0.4, 0.5) is 11.4 Å². The quantitative estimate of drug-likeness (QED) is 0.906. The Morgan fingerprint density at radius 3 is 2.62 bits per heavy atom. The molecule has 0 bridgehead atoms. The van der Waals surface area contributed by atoms with Crippen molar-refractivity contribution in [3.8, 4) is 11.5 Å². The molecule has 0 saturated heterocycles. The minimum absolute atomic E-state index is 0.121. The zero-order valence-electron chi connectivity index (χ0n) is 13.5. The number of carbonyl (C=O) groups is 2. The van der Waals surface area contributed by atoms with Gasteiger partial charge in [-0.1, -0.05) is 18.2 Å². The summed E-state index contributed by atoms with van der Waals surface area (Å²) in [4.78, 5) is 24.5. The van der Waals surface area contributed by atoms with Gasteiger partial charge in [0.25, 0.3) is 0 Å². The van der Waals surface area contributed by atoms with Crippen LogP contribution in [0.1, 0.15) is 17.9 Å². The highest BCUT2D eigenvalue weighted by Gasteiger charge is 2.30. The highest BCUT2D eigenvalue weighted by Crippen LogP contribution is 2.34. The SMILES string of the molecule is COc1ccc(NC(=O)C2CC(=O)Nc3ccccc32)cc1OC. The Hall–Kier alpha value is -3.02. The molecule has 1 heterocycles. The number of anilines is 2. The van der Waals surface area contributed by atoms with E-state index in [-0.39, 0.29) is 18.2 Å². The van der Waals surface area contributed by atoms with Crippen LogP contribution in [0.3, 0.4) is 0 Å². The second-order valence-electron chi connectivity index (χ2n) is 5.45. The van der Waals surface area contributed by atoms with Crippen LogP contribution >= 0.6 is 0 Å². The summed E-state index contributed by atoms with van der Waals surface area (Å²) in [5, 5.41) is 5.63. The first kappa shape index (κ1) is 15.9. The summed E-state index contributed by atoms with van der Waals surface area (Å²) < 4.78 is 10.4. The Bertz CT molecular complexity index is 788. The fourth-order valence-electron chi connectivity index (χ4n) is 2.79. The Balaban J connectivity index is 1.84. The molecular formula is C18H18N2O4. The van der Waals surface area contributed by atoms with E-state index in [1.807, 2.05) is 18.2 Å². The predicted molar refractivity (Wildman–Crippen MR) is 90.6 cm³/mol. The summed E-state index contributed by atoms with van der Waals surface area (Å²) in [5.74, 6) is 0.184. The van der Waals surface area contributed by atoms with Gasteiger partial charge in [0, 0.05) is 23.9 Å². The third kappa shape index (κ3) is 3.03. The van der Waals surface area contributed by atoms with Crippen LogP contribution in [-0.2, 0) is 9.59 Å². The van der Waals surface area contributed by atoms with Crippen molar-refractivity contribution in [2.75, 3.05) is 24.9 Å². The number of ether oxygens (including phenoxy) is 2. The number of carbonyl (C=O) groups excluding carboxylic acids is 2. The second-order valence-corrected chi connectivity index (χ2v) is 5.45. The van der Waals surface area contributed by atoms with E-state index in [1.165, 1.54) is 7.11 Å². The molecule has 0 fully saturated rings. The molecule has 1 atom stereocenters. The number of nitrogens with one attached hydrogen (secondary N) is 2. The predicted octanol–water partition coefficient (Wildman–Crippen LogP) is 2.77. The first-order chi connectivity index (χ1) is 11.6. The first-order valence-electron chi connectivity index (χ1n) is 7.54. The van der Waals surface area contributed by atoms with Gasteiger partial charge in [-0.15, -0.1) is 0 Å². The van der Waals surface area contributed by atoms with Crippen LogP contribution in [0.5, 0.6) is 11.5 Å². The molecule has 2 aromatic rings. The summed E-state index contributed by atoms with van der Waals surface area (Å²) >= 11 is 0. The lowest BCUT2D eigenvalue weighted by molar-refractivity contribution is -0.123. The molecule has 0 aliphatic carbocycles. The molecule has 6 nitrogen and oxygen atoms in total. The number of fused-ring (bicyclic) bond motifs is 1. The average Bonchev–Trinajstić information content (AvgIpc) is 2.60. The number of benzene rings is 2. The molecule has 2 aromatic carbocycles. The minimum atomic E-state index is -0.525. The highest BCUT2D eigenvalue weighted by atomic mass is 16.5. The van der Waals surface area contributed by atoms with E-state index >= 15 is 0 Å². The molecule has 0 radical (unpaired) electrons. The van der Waals surface area contributed by atoms with Crippen molar-refractivity contribution in [3.63, 3.8) is 0 Å². The molecule has 1 aliphatic heterocycles. The number of para-hydroxylation sites is 1. The van der Waals surface area contributed by atoms with Crippen molar-refractivity contribution in [3.05, 3.63) is 48.0 Å². The maximum absolute atomic E-state index is 12.7. The molecule has 0 saturated carbocycles. The summed E-state index contributed by atoms with van der Waals surface area (Å²) in [6.07, 6.45) is 0.121.